The summed E-state index contributed by atoms with van der Waals surface area (Å²) in [4.78, 5) is 28.1. The van der Waals surface area contributed by atoms with E-state index in [4.69, 9.17) is 16.3 Å². The molecule has 0 aliphatic carbocycles. The Balaban J connectivity index is 2.52. The van der Waals surface area contributed by atoms with E-state index in [1.54, 1.807) is 0 Å². The van der Waals surface area contributed by atoms with Gasteiger partial charge in [0.25, 0.3) is 17.3 Å². The molecule has 1 N–H and O–H groups in total. The maximum Gasteiger partial charge on any atom is 0.297 e. The number of nitro benzene ring substituents is 1. The van der Waals surface area contributed by atoms with E-state index in [2.05, 4.69) is 9.97 Å². The molecule has 0 aliphatic heterocycles. The van der Waals surface area contributed by atoms with Crippen LogP contribution in [-0.4, -0.2) is 27.4 Å². The Morgan fingerprint density at radius 1 is 1.50 bits per heavy atom. The Morgan fingerprint density at radius 3 is 2.94 bits per heavy atom. The van der Waals surface area contributed by atoms with Gasteiger partial charge >= 0.3 is 0 Å². The van der Waals surface area contributed by atoms with E-state index in [1.807, 2.05) is 0 Å². The molecular formula is C10H8ClN3O4. The van der Waals surface area contributed by atoms with E-state index in [9.17, 15) is 14.9 Å². The minimum absolute atomic E-state index is 0.0435. The highest BCUT2D eigenvalue weighted by Gasteiger charge is 2.10. The molecule has 0 amide bonds. The van der Waals surface area contributed by atoms with Crippen LogP contribution in [0.5, 0.6) is 6.01 Å². The van der Waals surface area contributed by atoms with E-state index in [0.29, 0.717) is 5.52 Å². The van der Waals surface area contributed by atoms with Gasteiger partial charge in [-0.3, -0.25) is 19.9 Å². The monoisotopic (exact) mass is 269 g/mol. The zero-order valence-corrected chi connectivity index (χ0v) is 9.81. The maximum absolute atomic E-state index is 11.7. The van der Waals surface area contributed by atoms with Gasteiger partial charge in [-0.2, -0.15) is 4.98 Å². The molecule has 1 heterocycles. The van der Waals surface area contributed by atoms with Crippen LogP contribution in [0.15, 0.2) is 23.0 Å². The summed E-state index contributed by atoms with van der Waals surface area (Å²) in [6, 6.07) is 3.89. The Hall–Kier alpha value is -2.15. The number of hydrogen-bond acceptors (Lipinski definition) is 5. The molecule has 1 aromatic carbocycles. The van der Waals surface area contributed by atoms with E-state index in [0.717, 1.165) is 0 Å². The largest absolute Gasteiger partial charge is 0.463 e. The van der Waals surface area contributed by atoms with E-state index in [-0.39, 0.29) is 29.6 Å². The molecule has 8 heteroatoms. The SMILES string of the molecule is O=c1[nH]c(OCCCl)nc2ccc([N+](=O)[O-])cc12. The minimum atomic E-state index is -0.573. The molecule has 2 rings (SSSR count). The fraction of sp³-hybridized carbons (Fsp3) is 0.200. The van der Waals surface area contributed by atoms with Gasteiger partial charge in [-0.25, -0.2) is 0 Å². The molecule has 0 atom stereocenters. The number of halogens is 1. The second-order valence-corrected chi connectivity index (χ2v) is 3.75. The fourth-order valence-corrected chi connectivity index (χ4v) is 1.50. The molecule has 2 aromatic rings. The summed E-state index contributed by atoms with van der Waals surface area (Å²) in [5.74, 6) is 0.266. The highest BCUT2D eigenvalue weighted by Crippen LogP contribution is 2.17. The van der Waals surface area contributed by atoms with Crippen molar-refractivity contribution in [1.29, 1.82) is 0 Å². The van der Waals surface area contributed by atoms with Gasteiger partial charge < -0.3 is 4.74 Å². The van der Waals surface area contributed by atoms with E-state index < -0.39 is 10.5 Å². The average Bonchev–Trinajstić information content (AvgIpc) is 2.36. The van der Waals surface area contributed by atoms with E-state index >= 15 is 0 Å². The first-order valence-electron chi connectivity index (χ1n) is 4.99. The maximum atomic E-state index is 11.7. The van der Waals surface area contributed by atoms with Gasteiger partial charge in [0.1, 0.15) is 6.61 Å². The number of H-pyrrole nitrogens is 1. The molecule has 7 nitrogen and oxygen atoms in total. The van der Waals surface area contributed by atoms with Crippen molar-refractivity contribution in [2.24, 2.45) is 0 Å². The number of ether oxygens (including phenoxy) is 1. The Morgan fingerprint density at radius 2 is 2.28 bits per heavy atom. The second kappa shape index (κ2) is 5.01. The van der Waals surface area contributed by atoms with Gasteiger partial charge in [0.15, 0.2) is 0 Å². The van der Waals surface area contributed by atoms with Crippen LogP contribution in [0.4, 0.5) is 5.69 Å². The number of aromatic amines is 1. The molecule has 0 saturated carbocycles. The molecule has 18 heavy (non-hydrogen) atoms. The lowest BCUT2D eigenvalue weighted by atomic mass is 10.2. The number of rotatable bonds is 4. The Labute approximate surface area is 106 Å². The predicted molar refractivity (Wildman–Crippen MR) is 65.2 cm³/mol. The summed E-state index contributed by atoms with van der Waals surface area (Å²) in [7, 11) is 0. The molecule has 1 aromatic heterocycles. The summed E-state index contributed by atoms with van der Waals surface area (Å²) in [5, 5.41) is 10.7. The van der Waals surface area contributed by atoms with Crippen LogP contribution in [0.1, 0.15) is 0 Å². The zero-order valence-electron chi connectivity index (χ0n) is 9.05. The third-order valence-electron chi connectivity index (χ3n) is 2.19. The topological polar surface area (TPSA) is 98.1 Å². The number of benzene rings is 1. The summed E-state index contributed by atoms with van der Waals surface area (Å²) in [5.41, 5.74) is -0.327. The normalized spacial score (nSPS) is 10.5. The number of nitro groups is 1. The van der Waals surface area contributed by atoms with Crippen molar-refractivity contribution in [3.63, 3.8) is 0 Å². The van der Waals surface area contributed by atoms with Crippen LogP contribution in [0, 0.1) is 10.1 Å². The van der Waals surface area contributed by atoms with Crippen LogP contribution in [0.2, 0.25) is 0 Å². The van der Waals surface area contributed by atoms with Gasteiger partial charge in [-0.15, -0.1) is 11.6 Å². The van der Waals surface area contributed by atoms with Gasteiger partial charge in [0.2, 0.25) is 0 Å². The number of nitrogens with zero attached hydrogens (tertiary/aromatic N) is 2. The van der Waals surface area contributed by atoms with Crippen LogP contribution in [-0.2, 0) is 0 Å². The van der Waals surface area contributed by atoms with Crippen molar-refractivity contribution in [3.8, 4) is 6.01 Å². The van der Waals surface area contributed by atoms with Crippen LogP contribution >= 0.6 is 11.6 Å². The van der Waals surface area contributed by atoms with Crippen molar-refractivity contribution >= 4 is 28.2 Å². The lowest BCUT2D eigenvalue weighted by Gasteiger charge is -2.03. The molecule has 0 fully saturated rings. The van der Waals surface area contributed by atoms with Crippen molar-refractivity contribution < 1.29 is 9.66 Å². The number of fused-ring (bicyclic) bond motifs is 1. The molecule has 0 bridgehead atoms. The van der Waals surface area contributed by atoms with Crippen molar-refractivity contribution in [2.45, 2.75) is 0 Å². The van der Waals surface area contributed by atoms with E-state index in [1.165, 1.54) is 18.2 Å². The van der Waals surface area contributed by atoms with Crippen molar-refractivity contribution in [1.82, 2.24) is 9.97 Å². The fourth-order valence-electron chi connectivity index (χ4n) is 1.42. The molecule has 0 unspecified atom stereocenters. The molecule has 94 valence electrons. The molecule has 0 spiro atoms. The first-order chi connectivity index (χ1) is 8.61. The summed E-state index contributed by atoms with van der Waals surface area (Å²) >= 11 is 5.45. The van der Waals surface area contributed by atoms with Gasteiger partial charge in [-0.1, -0.05) is 0 Å². The van der Waals surface area contributed by atoms with Crippen LogP contribution in [0.25, 0.3) is 10.9 Å². The molecule has 0 radical (unpaired) electrons. The zero-order chi connectivity index (χ0) is 13.1. The lowest BCUT2D eigenvalue weighted by Crippen LogP contribution is -2.12. The van der Waals surface area contributed by atoms with Gasteiger partial charge in [0, 0.05) is 12.1 Å². The van der Waals surface area contributed by atoms with Crippen LogP contribution in [0.3, 0.4) is 0 Å². The summed E-state index contributed by atoms with van der Waals surface area (Å²) < 4.78 is 5.09. The minimum Gasteiger partial charge on any atom is -0.463 e. The first-order valence-corrected chi connectivity index (χ1v) is 5.52. The molecular weight excluding hydrogens is 262 g/mol. The van der Waals surface area contributed by atoms with Gasteiger partial charge in [0.05, 0.1) is 21.7 Å². The van der Waals surface area contributed by atoms with Crippen LogP contribution < -0.4 is 10.3 Å². The summed E-state index contributed by atoms with van der Waals surface area (Å²) in [6.07, 6.45) is 0. The van der Waals surface area contributed by atoms with Gasteiger partial charge in [-0.05, 0) is 6.07 Å². The standard InChI is InChI=1S/C10H8ClN3O4/c11-3-4-18-10-12-8-2-1-6(14(16)17)5-7(8)9(15)13-10/h1-2,5H,3-4H2,(H,12,13,15). The summed E-state index contributed by atoms with van der Waals surface area (Å²) in [6.45, 7) is 0.211. The lowest BCUT2D eigenvalue weighted by molar-refractivity contribution is -0.384. The Bertz CT molecular complexity index is 655. The Kier molecular flexibility index (Phi) is 3.42. The predicted octanol–water partition coefficient (Wildman–Crippen LogP) is 1.45. The number of nitrogens with one attached hydrogen (secondary N) is 1. The number of hydrogen-bond donors (Lipinski definition) is 1. The average molecular weight is 270 g/mol. The third kappa shape index (κ3) is 2.40. The number of aromatic nitrogens is 2. The van der Waals surface area contributed by atoms with Crippen molar-refractivity contribution in [2.75, 3.05) is 12.5 Å². The second-order valence-electron chi connectivity index (χ2n) is 3.37. The first kappa shape index (κ1) is 12.3. The molecule has 0 saturated heterocycles. The van der Waals surface area contributed by atoms with Crippen molar-refractivity contribution in [3.05, 3.63) is 38.7 Å². The quantitative estimate of drug-likeness (QED) is 0.514. The highest BCUT2D eigenvalue weighted by atomic mass is 35.5. The third-order valence-corrected chi connectivity index (χ3v) is 2.35. The number of alkyl halides is 1. The molecule has 0 aliphatic rings. The highest BCUT2D eigenvalue weighted by molar-refractivity contribution is 6.18. The number of non-ortho nitro benzene ring substituents is 1. The smallest absolute Gasteiger partial charge is 0.297 e.